The average molecular weight is 439 g/mol. The zero-order chi connectivity index (χ0) is 21.3. The molecule has 1 atom stereocenters. The van der Waals surface area contributed by atoms with Gasteiger partial charge in [-0.3, -0.25) is 4.79 Å². The molecule has 7 nitrogen and oxygen atoms in total. The van der Waals surface area contributed by atoms with Gasteiger partial charge in [0.25, 0.3) is 0 Å². The number of halogens is 2. The van der Waals surface area contributed by atoms with E-state index < -0.39 is 59.5 Å². The number of hydrogen-bond donors (Lipinski definition) is 1. The van der Waals surface area contributed by atoms with Crippen molar-refractivity contribution in [1.29, 1.82) is 0 Å². The van der Waals surface area contributed by atoms with E-state index in [1.807, 2.05) is 0 Å². The Labute approximate surface area is 164 Å². The molecule has 1 fully saturated rings. The summed E-state index contributed by atoms with van der Waals surface area (Å²) in [5.74, 6) is -3.56. The number of benzene rings is 1. The minimum absolute atomic E-state index is 0.162. The maximum atomic E-state index is 13.9. The second kappa shape index (κ2) is 8.42. The van der Waals surface area contributed by atoms with Crippen LogP contribution < -0.4 is 4.72 Å². The van der Waals surface area contributed by atoms with Gasteiger partial charge in [-0.2, -0.15) is 4.72 Å². The summed E-state index contributed by atoms with van der Waals surface area (Å²) in [6, 6.07) is 1.44. The molecule has 1 unspecified atom stereocenters. The van der Waals surface area contributed by atoms with Crippen molar-refractivity contribution in [1.82, 2.24) is 9.62 Å². The van der Waals surface area contributed by atoms with Crippen LogP contribution in [0.25, 0.3) is 0 Å². The van der Waals surface area contributed by atoms with E-state index in [1.54, 1.807) is 13.8 Å². The maximum Gasteiger partial charge on any atom is 0.247 e. The molecule has 1 aromatic carbocycles. The fourth-order valence-electron chi connectivity index (χ4n) is 3.14. The molecule has 1 heterocycles. The van der Waals surface area contributed by atoms with E-state index in [9.17, 15) is 30.4 Å². The van der Waals surface area contributed by atoms with Crippen molar-refractivity contribution in [2.45, 2.75) is 42.9 Å². The highest BCUT2D eigenvalue weighted by Crippen LogP contribution is 2.22. The largest absolute Gasteiger partial charge is 0.341 e. The molecule has 0 bridgehead atoms. The van der Waals surface area contributed by atoms with E-state index in [4.69, 9.17) is 0 Å². The first-order chi connectivity index (χ1) is 12.8. The quantitative estimate of drug-likeness (QED) is 0.722. The molecule has 11 heteroatoms. The summed E-state index contributed by atoms with van der Waals surface area (Å²) >= 11 is 0. The zero-order valence-corrected chi connectivity index (χ0v) is 17.5. The predicted octanol–water partition coefficient (Wildman–Crippen LogP) is 1.30. The van der Waals surface area contributed by atoms with Crippen LogP contribution in [0.1, 0.15) is 26.7 Å². The summed E-state index contributed by atoms with van der Waals surface area (Å²) in [6.07, 6.45) is 1.65. The van der Waals surface area contributed by atoms with Crippen molar-refractivity contribution in [3.63, 3.8) is 0 Å². The summed E-state index contributed by atoms with van der Waals surface area (Å²) in [7, 11) is -7.85. The fraction of sp³-hybridized carbons (Fsp3) is 0.588. The fourth-order valence-corrected chi connectivity index (χ4v) is 5.68. The molecular formula is C17H24F2N2O5S2. The van der Waals surface area contributed by atoms with E-state index in [0.29, 0.717) is 0 Å². The number of nitrogens with one attached hydrogen (secondary N) is 1. The first-order valence-corrected chi connectivity index (χ1v) is 12.2. The van der Waals surface area contributed by atoms with Gasteiger partial charge in [-0.05, 0) is 30.9 Å². The van der Waals surface area contributed by atoms with Crippen molar-refractivity contribution in [3.8, 4) is 0 Å². The first kappa shape index (κ1) is 22.7. The van der Waals surface area contributed by atoms with Gasteiger partial charge >= 0.3 is 0 Å². The Morgan fingerprint density at radius 2 is 1.61 bits per heavy atom. The highest BCUT2D eigenvalue weighted by Gasteiger charge is 2.36. The van der Waals surface area contributed by atoms with Gasteiger partial charge in [0.2, 0.25) is 15.9 Å². The minimum atomic E-state index is -4.63. The number of hydrogen-bond acceptors (Lipinski definition) is 5. The number of sulfone groups is 1. The number of carbonyl (C=O) groups excluding carboxylic acids is 1. The SMILES string of the molecule is CC(C)C(NS(=O)(=O)c1c(F)cccc1F)C(=O)N1CCC(S(C)(=O)=O)CC1. The molecule has 1 amide bonds. The smallest absolute Gasteiger partial charge is 0.247 e. The Kier molecular flexibility index (Phi) is 6.82. The molecule has 0 aromatic heterocycles. The third-order valence-electron chi connectivity index (χ3n) is 4.76. The lowest BCUT2D eigenvalue weighted by molar-refractivity contribution is -0.134. The van der Waals surface area contributed by atoms with E-state index in [2.05, 4.69) is 4.72 Å². The molecule has 1 N–H and O–H groups in total. The van der Waals surface area contributed by atoms with Gasteiger partial charge in [-0.1, -0.05) is 19.9 Å². The van der Waals surface area contributed by atoms with Crippen molar-refractivity contribution < 1.29 is 30.4 Å². The number of carbonyl (C=O) groups is 1. The molecular weight excluding hydrogens is 414 g/mol. The Morgan fingerprint density at radius 1 is 1.11 bits per heavy atom. The molecule has 0 saturated carbocycles. The third kappa shape index (κ3) is 5.06. The summed E-state index contributed by atoms with van der Waals surface area (Å²) in [6.45, 7) is 3.53. The molecule has 1 saturated heterocycles. The van der Waals surface area contributed by atoms with E-state index in [1.165, 1.54) is 4.90 Å². The van der Waals surface area contributed by atoms with Gasteiger partial charge in [-0.25, -0.2) is 25.6 Å². The van der Waals surface area contributed by atoms with Crippen molar-refractivity contribution in [2.24, 2.45) is 5.92 Å². The molecule has 0 radical (unpaired) electrons. The summed E-state index contributed by atoms with van der Waals surface area (Å²) < 4.78 is 78.2. The Morgan fingerprint density at radius 3 is 2.04 bits per heavy atom. The standard InChI is InChI=1S/C17H24F2N2O5S2/c1-11(2)15(17(22)21-9-7-12(8-10-21)27(3,23)24)20-28(25,26)16-13(18)5-4-6-14(16)19/h4-6,11-12,15,20H,7-10H2,1-3H3. The molecule has 28 heavy (non-hydrogen) atoms. The number of rotatable bonds is 6. The highest BCUT2D eigenvalue weighted by atomic mass is 32.2. The second-order valence-electron chi connectivity index (χ2n) is 7.25. The number of likely N-dealkylation sites (tertiary alicyclic amines) is 1. The van der Waals surface area contributed by atoms with Crippen molar-refractivity contribution in [3.05, 3.63) is 29.8 Å². The topological polar surface area (TPSA) is 101 Å². The van der Waals surface area contributed by atoms with Gasteiger partial charge in [0.15, 0.2) is 4.90 Å². The van der Waals surface area contributed by atoms with Crippen LogP contribution in [0.2, 0.25) is 0 Å². The van der Waals surface area contributed by atoms with Gasteiger partial charge in [0, 0.05) is 19.3 Å². The van der Waals surface area contributed by atoms with E-state index >= 15 is 0 Å². The van der Waals surface area contributed by atoms with Gasteiger partial charge < -0.3 is 4.90 Å². The van der Waals surface area contributed by atoms with E-state index in [-0.39, 0.29) is 25.9 Å². The van der Waals surface area contributed by atoms with E-state index in [0.717, 1.165) is 24.5 Å². The highest BCUT2D eigenvalue weighted by molar-refractivity contribution is 7.91. The van der Waals surface area contributed by atoms with Crippen LogP contribution in [0.5, 0.6) is 0 Å². The van der Waals surface area contributed by atoms with Crippen molar-refractivity contribution in [2.75, 3.05) is 19.3 Å². The first-order valence-electron chi connectivity index (χ1n) is 8.78. The molecule has 1 aromatic rings. The molecule has 158 valence electrons. The normalized spacial score (nSPS) is 17.7. The summed E-state index contributed by atoms with van der Waals surface area (Å²) in [4.78, 5) is 13.1. The molecule has 1 aliphatic heterocycles. The van der Waals surface area contributed by atoms with Crippen LogP contribution in [0.4, 0.5) is 8.78 Å². The van der Waals surface area contributed by atoms with Crippen LogP contribution >= 0.6 is 0 Å². The number of nitrogens with zero attached hydrogens (tertiary/aromatic N) is 1. The number of piperidine rings is 1. The molecule has 2 rings (SSSR count). The Balaban J connectivity index is 2.21. The molecule has 1 aliphatic rings. The summed E-state index contributed by atoms with van der Waals surface area (Å²) in [5.41, 5.74) is 0. The van der Waals surface area contributed by atoms with Crippen molar-refractivity contribution >= 4 is 25.8 Å². The van der Waals surface area contributed by atoms with Crippen LogP contribution in [0, 0.1) is 17.6 Å². The maximum absolute atomic E-state index is 13.9. The summed E-state index contributed by atoms with van der Waals surface area (Å²) in [5, 5.41) is -0.543. The van der Waals surface area contributed by atoms with Crippen LogP contribution in [-0.4, -0.2) is 58.3 Å². The van der Waals surface area contributed by atoms with Crippen LogP contribution in [-0.2, 0) is 24.7 Å². The monoisotopic (exact) mass is 438 g/mol. The number of amides is 1. The third-order valence-corrected chi connectivity index (χ3v) is 7.94. The lowest BCUT2D eigenvalue weighted by atomic mass is 10.0. The lowest BCUT2D eigenvalue weighted by Crippen LogP contribution is -2.53. The predicted molar refractivity (Wildman–Crippen MR) is 99.8 cm³/mol. The van der Waals surface area contributed by atoms with Crippen LogP contribution in [0.3, 0.4) is 0 Å². The lowest BCUT2D eigenvalue weighted by Gasteiger charge is -2.34. The Bertz CT molecular complexity index is 920. The zero-order valence-electron chi connectivity index (χ0n) is 15.9. The van der Waals surface area contributed by atoms with Gasteiger partial charge in [0.1, 0.15) is 27.5 Å². The van der Waals surface area contributed by atoms with Gasteiger partial charge in [-0.15, -0.1) is 0 Å². The van der Waals surface area contributed by atoms with Gasteiger partial charge in [0.05, 0.1) is 5.25 Å². The minimum Gasteiger partial charge on any atom is -0.341 e. The second-order valence-corrected chi connectivity index (χ2v) is 11.2. The Hall–Kier alpha value is -1.59. The van der Waals surface area contributed by atoms with Crippen LogP contribution in [0.15, 0.2) is 23.1 Å². The number of sulfonamides is 1. The molecule has 0 spiro atoms. The average Bonchev–Trinajstić information content (AvgIpc) is 2.58. The molecule has 0 aliphatic carbocycles.